The molecular weight excluding hydrogens is 1010 g/mol. The second-order valence-corrected chi connectivity index (χ2v) is 20.8. The number of unbranched alkanes of at least 4 members (excludes halogenated alkanes) is 17. The predicted octanol–water partition coefficient (Wildman–Crippen LogP) is 15.2. The van der Waals surface area contributed by atoms with Crippen LogP contribution in [-0.4, -0.2) is 99.6 Å². The van der Waals surface area contributed by atoms with Crippen LogP contribution < -0.4 is 5.32 Å². The quantitative estimate of drug-likeness (QED) is 0.0149. The molecule has 8 unspecified atom stereocenters. The van der Waals surface area contributed by atoms with Crippen LogP contribution in [0.3, 0.4) is 0 Å². The minimum Gasteiger partial charge on any atom is -0.454 e. The molecule has 1 aliphatic rings. The number of aliphatic hydroxyl groups is 5. The molecule has 8 atom stereocenters. The Labute approximate surface area is 491 Å². The highest BCUT2D eigenvalue weighted by atomic mass is 16.7. The zero-order valence-electron chi connectivity index (χ0n) is 50.3. The Morgan fingerprint density at radius 2 is 0.951 bits per heavy atom. The van der Waals surface area contributed by atoms with Gasteiger partial charge in [0, 0.05) is 6.42 Å². The van der Waals surface area contributed by atoms with E-state index in [-0.39, 0.29) is 19.4 Å². The van der Waals surface area contributed by atoms with Gasteiger partial charge in [0.15, 0.2) is 12.4 Å². The van der Waals surface area contributed by atoms with Crippen LogP contribution in [0.15, 0.2) is 158 Å². The Bertz CT molecular complexity index is 1920. The molecule has 456 valence electrons. The lowest BCUT2D eigenvalue weighted by Crippen LogP contribution is -2.61. The molecule has 1 fully saturated rings. The van der Waals surface area contributed by atoms with Crippen molar-refractivity contribution in [2.24, 2.45) is 0 Å². The summed E-state index contributed by atoms with van der Waals surface area (Å²) in [6.07, 6.45) is 71.3. The number of ether oxygens (including phenoxy) is 3. The van der Waals surface area contributed by atoms with Crippen molar-refractivity contribution in [2.45, 2.75) is 256 Å². The number of hydrogen-bond donors (Lipinski definition) is 6. The van der Waals surface area contributed by atoms with E-state index in [0.717, 1.165) is 122 Å². The average Bonchev–Trinajstić information content (AvgIpc) is 3.52. The van der Waals surface area contributed by atoms with E-state index in [1.807, 2.05) is 66.8 Å². The van der Waals surface area contributed by atoms with E-state index in [1.165, 1.54) is 38.5 Å². The van der Waals surface area contributed by atoms with E-state index in [9.17, 15) is 35.1 Å². The van der Waals surface area contributed by atoms with Crippen molar-refractivity contribution in [1.82, 2.24) is 5.32 Å². The third-order valence-electron chi connectivity index (χ3n) is 13.6. The first-order valence-electron chi connectivity index (χ1n) is 31.3. The van der Waals surface area contributed by atoms with Gasteiger partial charge in [-0.1, -0.05) is 262 Å². The number of esters is 1. The van der Waals surface area contributed by atoms with Gasteiger partial charge in [-0.15, -0.1) is 0 Å². The number of aliphatic hydroxyl groups excluding tert-OH is 5. The van der Waals surface area contributed by atoms with Crippen LogP contribution in [-0.2, 0) is 23.8 Å². The van der Waals surface area contributed by atoms with Crippen LogP contribution in [0.1, 0.15) is 207 Å². The number of rotatable bonds is 50. The fourth-order valence-corrected chi connectivity index (χ4v) is 8.68. The molecule has 6 N–H and O–H groups in total. The van der Waals surface area contributed by atoms with Gasteiger partial charge in [-0.2, -0.15) is 0 Å². The van der Waals surface area contributed by atoms with Crippen LogP contribution >= 0.6 is 0 Å². The number of amides is 1. The van der Waals surface area contributed by atoms with Crippen LogP contribution in [0, 0.1) is 0 Å². The molecule has 0 radical (unpaired) electrons. The third-order valence-corrected chi connectivity index (χ3v) is 13.6. The zero-order valence-corrected chi connectivity index (χ0v) is 50.3. The predicted molar refractivity (Wildman–Crippen MR) is 337 cm³/mol. The Kier molecular flexibility index (Phi) is 51.2. The molecular formula is C70H111NO10. The topological polar surface area (TPSA) is 175 Å². The molecule has 0 aromatic heterocycles. The average molecular weight is 1130 g/mol. The maximum absolute atomic E-state index is 13.4. The zero-order chi connectivity index (χ0) is 58.9. The van der Waals surface area contributed by atoms with Crippen LogP contribution in [0.25, 0.3) is 0 Å². The number of carbonyl (C=O) groups is 2. The smallest absolute Gasteiger partial charge is 0.306 e. The maximum atomic E-state index is 13.4. The first kappa shape index (κ1) is 74.3. The van der Waals surface area contributed by atoms with Crippen molar-refractivity contribution < 1.29 is 49.3 Å². The molecule has 1 aliphatic heterocycles. The third kappa shape index (κ3) is 43.6. The van der Waals surface area contributed by atoms with E-state index < -0.39 is 67.4 Å². The summed E-state index contributed by atoms with van der Waals surface area (Å²) in [5.41, 5.74) is 0. The molecule has 0 aromatic rings. The van der Waals surface area contributed by atoms with E-state index in [2.05, 4.69) is 111 Å². The molecule has 0 spiro atoms. The Morgan fingerprint density at radius 3 is 1.48 bits per heavy atom. The van der Waals surface area contributed by atoms with Crippen molar-refractivity contribution >= 4 is 11.9 Å². The molecule has 81 heavy (non-hydrogen) atoms. The summed E-state index contributed by atoms with van der Waals surface area (Å²) in [5, 5.41) is 57.0. The van der Waals surface area contributed by atoms with Crippen molar-refractivity contribution in [1.29, 1.82) is 0 Å². The van der Waals surface area contributed by atoms with Crippen LogP contribution in [0.4, 0.5) is 0 Å². The van der Waals surface area contributed by atoms with Gasteiger partial charge in [-0.3, -0.25) is 9.59 Å². The fourth-order valence-electron chi connectivity index (χ4n) is 8.68. The lowest BCUT2D eigenvalue weighted by molar-refractivity contribution is -0.305. The number of hydrogen-bond acceptors (Lipinski definition) is 10. The van der Waals surface area contributed by atoms with Gasteiger partial charge < -0.3 is 45.1 Å². The van der Waals surface area contributed by atoms with Crippen LogP contribution in [0.2, 0.25) is 0 Å². The van der Waals surface area contributed by atoms with E-state index >= 15 is 0 Å². The standard InChI is InChI=1S/C70H111NO10/c1-4-7-10-13-16-19-22-24-26-28-29-30-31-32-33-34-36-37-39-42-45-48-51-54-57-63(74)69(78)71-61(62(73)56-53-50-47-44-41-21-18-15-12-9-6-3)60-79-70-68(67(77)66(76)64(59-72)80-70)81-65(75)58-55-52-49-46-43-40-38-35-27-25-23-20-17-14-11-8-5-2/h7-8,10-11,14,16-17,19-20,23-27,29-30,32-33,35-38,40,43,53,56,61-64,66-68,70,72-74,76-77H,4-6,9,12-13,15,18,21-22,28,31,34,39,41-42,44-52,54-55,57-60H2,1-3H3,(H,71,78)/b10-7-,11-8-,17-14+,19-16-,23-20+,26-24-,27-25-,30-29-,33-32-,37-36-,38-35+,43-40+,56-53+. The van der Waals surface area contributed by atoms with Gasteiger partial charge >= 0.3 is 5.97 Å². The highest BCUT2D eigenvalue weighted by molar-refractivity contribution is 5.80. The first-order chi connectivity index (χ1) is 39.7. The molecule has 0 bridgehead atoms. The van der Waals surface area contributed by atoms with Gasteiger partial charge in [-0.25, -0.2) is 0 Å². The SMILES string of the molecule is CC\C=C/C=C/C=C/C=C\C=C\C=C\CCCCCC(=O)OC1C(OCC(NC(=O)C(O)CCCCCCC/C=C\C/C=C\C/C=C\C/C=C\C/C=C\C/C=C\CC)C(O)/C=C/CCCCCCCCCCC)OC(CO)C(O)C1O. The first-order valence-corrected chi connectivity index (χ1v) is 31.3. The van der Waals surface area contributed by atoms with Gasteiger partial charge in [0.25, 0.3) is 0 Å². The van der Waals surface area contributed by atoms with Crippen molar-refractivity contribution in [3.05, 3.63) is 158 Å². The second-order valence-electron chi connectivity index (χ2n) is 20.8. The summed E-state index contributed by atoms with van der Waals surface area (Å²) in [4.78, 5) is 26.5. The summed E-state index contributed by atoms with van der Waals surface area (Å²) in [6.45, 7) is 5.46. The van der Waals surface area contributed by atoms with Crippen molar-refractivity contribution in [3.8, 4) is 0 Å². The highest BCUT2D eigenvalue weighted by Gasteiger charge is 2.47. The van der Waals surface area contributed by atoms with E-state index in [0.29, 0.717) is 12.8 Å². The normalized spacial score (nSPS) is 19.8. The number of carbonyl (C=O) groups excluding carboxylic acids is 2. The van der Waals surface area contributed by atoms with Crippen molar-refractivity contribution in [2.75, 3.05) is 13.2 Å². The molecule has 1 rings (SSSR count). The summed E-state index contributed by atoms with van der Waals surface area (Å²) in [5.74, 6) is -1.27. The van der Waals surface area contributed by atoms with Gasteiger partial charge in [0.05, 0.1) is 25.4 Å². The molecule has 1 saturated heterocycles. The van der Waals surface area contributed by atoms with Gasteiger partial charge in [0.2, 0.25) is 5.91 Å². The summed E-state index contributed by atoms with van der Waals surface area (Å²) in [7, 11) is 0. The monoisotopic (exact) mass is 1130 g/mol. The molecule has 0 aromatic carbocycles. The second kappa shape index (κ2) is 55.8. The summed E-state index contributed by atoms with van der Waals surface area (Å²) in [6, 6.07) is -1.05. The Balaban J connectivity index is 2.70. The fraction of sp³-hybridized carbons (Fsp3) is 0.600. The van der Waals surface area contributed by atoms with Crippen molar-refractivity contribution in [3.63, 3.8) is 0 Å². The number of nitrogens with one attached hydrogen (secondary N) is 1. The lowest BCUT2D eigenvalue weighted by atomic mass is 9.99. The Morgan fingerprint density at radius 1 is 0.506 bits per heavy atom. The van der Waals surface area contributed by atoms with Crippen LogP contribution in [0.5, 0.6) is 0 Å². The van der Waals surface area contributed by atoms with Gasteiger partial charge in [0.1, 0.15) is 24.4 Å². The molecule has 11 nitrogen and oxygen atoms in total. The minimum atomic E-state index is -1.65. The lowest BCUT2D eigenvalue weighted by Gasteiger charge is -2.41. The molecule has 11 heteroatoms. The molecule has 0 saturated carbocycles. The largest absolute Gasteiger partial charge is 0.454 e. The van der Waals surface area contributed by atoms with E-state index in [1.54, 1.807) is 6.08 Å². The molecule has 1 amide bonds. The minimum absolute atomic E-state index is 0.0604. The van der Waals surface area contributed by atoms with E-state index in [4.69, 9.17) is 14.2 Å². The summed E-state index contributed by atoms with van der Waals surface area (Å²) < 4.78 is 17.6. The Hall–Kier alpha value is -4.72. The summed E-state index contributed by atoms with van der Waals surface area (Å²) >= 11 is 0. The highest BCUT2D eigenvalue weighted by Crippen LogP contribution is 2.26. The number of allylic oxidation sites excluding steroid dienone is 25. The van der Waals surface area contributed by atoms with Gasteiger partial charge in [-0.05, 0) is 96.3 Å². The maximum Gasteiger partial charge on any atom is 0.306 e. The molecule has 1 heterocycles. The molecule has 0 aliphatic carbocycles.